The largest absolute Gasteiger partial charge is 0.436 e. The van der Waals surface area contributed by atoms with Crippen LogP contribution in [0.15, 0.2) is 186 Å². The third-order valence-electron chi connectivity index (χ3n) is 9.62. The SMILES string of the molecule is c1ccc(-c2nc(-c3cccc(-c4cccc(-c5cccc(-c6nc7ccccc7o6)c5)c4)c3)nc3c4ccccc4n(-c4ccccc4)c23)cc1. The first-order valence-electron chi connectivity index (χ1n) is 17.4. The van der Waals surface area contributed by atoms with E-state index >= 15 is 0 Å². The highest BCUT2D eigenvalue weighted by Crippen LogP contribution is 2.38. The molecule has 0 aliphatic heterocycles. The molecule has 0 saturated heterocycles. The Balaban J connectivity index is 1.09. The lowest BCUT2D eigenvalue weighted by atomic mass is 9.97. The van der Waals surface area contributed by atoms with Gasteiger partial charge in [0.25, 0.3) is 0 Å². The van der Waals surface area contributed by atoms with E-state index in [1.54, 1.807) is 0 Å². The molecule has 0 saturated carbocycles. The molecule has 0 unspecified atom stereocenters. The molecule has 0 bridgehead atoms. The minimum absolute atomic E-state index is 0.616. The van der Waals surface area contributed by atoms with Gasteiger partial charge < -0.3 is 8.98 Å². The van der Waals surface area contributed by atoms with Gasteiger partial charge >= 0.3 is 0 Å². The molecule has 10 aromatic rings. The number of hydrogen-bond donors (Lipinski definition) is 0. The second-order valence-corrected chi connectivity index (χ2v) is 12.9. The Morgan fingerprint density at radius 3 is 1.71 bits per heavy atom. The fourth-order valence-electron chi connectivity index (χ4n) is 7.16. The van der Waals surface area contributed by atoms with Crippen LogP contribution in [0.4, 0.5) is 0 Å². The maximum Gasteiger partial charge on any atom is 0.227 e. The van der Waals surface area contributed by atoms with E-state index in [9.17, 15) is 0 Å². The first kappa shape index (κ1) is 29.8. The topological polar surface area (TPSA) is 56.7 Å². The molecule has 10 rings (SSSR count). The van der Waals surface area contributed by atoms with Crippen molar-refractivity contribution in [3.63, 3.8) is 0 Å². The summed E-state index contributed by atoms with van der Waals surface area (Å²) in [7, 11) is 0. The van der Waals surface area contributed by atoms with E-state index in [1.807, 2.05) is 42.5 Å². The van der Waals surface area contributed by atoms with Crippen LogP contribution in [0.25, 0.3) is 95.1 Å². The molecule has 7 aromatic carbocycles. The molecule has 0 aliphatic carbocycles. The van der Waals surface area contributed by atoms with Crippen molar-refractivity contribution in [3.8, 4) is 62.0 Å². The third kappa shape index (κ3) is 5.15. The van der Waals surface area contributed by atoms with Gasteiger partial charge in [0.05, 0.1) is 16.7 Å². The molecule has 0 N–H and O–H groups in total. The summed E-state index contributed by atoms with van der Waals surface area (Å²) in [4.78, 5) is 15.4. The third-order valence-corrected chi connectivity index (χ3v) is 9.62. The Morgan fingerprint density at radius 2 is 0.981 bits per heavy atom. The van der Waals surface area contributed by atoms with E-state index in [-0.39, 0.29) is 0 Å². The quantitative estimate of drug-likeness (QED) is 0.177. The zero-order chi connectivity index (χ0) is 34.4. The van der Waals surface area contributed by atoms with Gasteiger partial charge in [-0.15, -0.1) is 0 Å². The van der Waals surface area contributed by atoms with Crippen LogP contribution in [0.2, 0.25) is 0 Å². The van der Waals surface area contributed by atoms with Gasteiger partial charge in [0.15, 0.2) is 11.4 Å². The van der Waals surface area contributed by atoms with Crippen LogP contribution >= 0.6 is 0 Å². The van der Waals surface area contributed by atoms with Gasteiger partial charge in [-0.05, 0) is 76.9 Å². The summed E-state index contributed by atoms with van der Waals surface area (Å²) < 4.78 is 8.37. The summed E-state index contributed by atoms with van der Waals surface area (Å²) >= 11 is 0. The van der Waals surface area contributed by atoms with Crippen molar-refractivity contribution in [1.82, 2.24) is 19.5 Å². The molecule has 52 heavy (non-hydrogen) atoms. The molecule has 244 valence electrons. The van der Waals surface area contributed by atoms with Crippen molar-refractivity contribution in [2.24, 2.45) is 0 Å². The standard InChI is InChI=1S/C47H30N4O/c1-3-14-31(15-4-1)43-45-44(39-24-7-9-26-41(39)51(45)38-22-5-2-6-23-38)50-46(49-43)36-20-12-18-34(29-36)32-16-11-17-33(28-32)35-19-13-21-37(30-35)47-48-40-25-8-10-27-42(40)52-47/h1-30H. The van der Waals surface area contributed by atoms with Gasteiger partial charge in [0, 0.05) is 27.8 Å². The molecule has 0 atom stereocenters. The predicted octanol–water partition coefficient (Wildman–Crippen LogP) is 12.0. The Bertz CT molecular complexity index is 2870. The van der Waals surface area contributed by atoms with Crippen LogP contribution in [-0.4, -0.2) is 19.5 Å². The van der Waals surface area contributed by atoms with Crippen LogP contribution in [0.1, 0.15) is 0 Å². The van der Waals surface area contributed by atoms with E-state index in [1.165, 1.54) is 0 Å². The second kappa shape index (κ2) is 12.3. The molecule has 0 aliphatic rings. The zero-order valence-electron chi connectivity index (χ0n) is 28.0. The second-order valence-electron chi connectivity index (χ2n) is 12.9. The lowest BCUT2D eigenvalue weighted by molar-refractivity contribution is 0.620. The lowest BCUT2D eigenvalue weighted by Crippen LogP contribution is -1.99. The van der Waals surface area contributed by atoms with E-state index in [2.05, 4.69) is 144 Å². The van der Waals surface area contributed by atoms with Crippen molar-refractivity contribution in [2.45, 2.75) is 0 Å². The van der Waals surface area contributed by atoms with Crippen molar-refractivity contribution < 1.29 is 4.42 Å². The lowest BCUT2D eigenvalue weighted by Gasteiger charge is -2.13. The molecule has 3 aromatic heterocycles. The van der Waals surface area contributed by atoms with Crippen LogP contribution < -0.4 is 0 Å². The fraction of sp³-hybridized carbons (Fsp3) is 0. The summed E-state index contributed by atoms with van der Waals surface area (Å²) in [5.74, 6) is 1.30. The highest BCUT2D eigenvalue weighted by molar-refractivity contribution is 6.11. The number of para-hydroxylation sites is 4. The molecule has 0 radical (unpaired) electrons. The number of rotatable bonds is 6. The molecule has 3 heterocycles. The minimum atomic E-state index is 0.616. The first-order chi connectivity index (χ1) is 25.8. The molecular formula is C47H30N4O. The highest BCUT2D eigenvalue weighted by Gasteiger charge is 2.21. The number of oxazole rings is 1. The summed E-state index contributed by atoms with van der Waals surface area (Å²) in [6.07, 6.45) is 0. The first-order valence-corrected chi connectivity index (χ1v) is 17.4. The number of fused-ring (bicyclic) bond motifs is 4. The van der Waals surface area contributed by atoms with Gasteiger partial charge in [-0.25, -0.2) is 15.0 Å². The number of aromatic nitrogens is 4. The highest BCUT2D eigenvalue weighted by atomic mass is 16.3. The van der Waals surface area contributed by atoms with Crippen LogP contribution in [0.5, 0.6) is 0 Å². The summed E-state index contributed by atoms with van der Waals surface area (Å²) in [5, 5.41) is 1.09. The Hall–Kier alpha value is -7.11. The van der Waals surface area contributed by atoms with Crippen LogP contribution in [0.3, 0.4) is 0 Å². The minimum Gasteiger partial charge on any atom is -0.436 e. The van der Waals surface area contributed by atoms with Crippen LogP contribution in [-0.2, 0) is 0 Å². The van der Waals surface area contributed by atoms with Crippen molar-refractivity contribution >= 4 is 33.0 Å². The maximum atomic E-state index is 6.08. The molecule has 0 fully saturated rings. The van der Waals surface area contributed by atoms with E-state index < -0.39 is 0 Å². The molecule has 5 heteroatoms. The maximum absolute atomic E-state index is 6.08. The van der Waals surface area contributed by atoms with Crippen molar-refractivity contribution in [2.75, 3.05) is 0 Å². The summed E-state index contributed by atoms with van der Waals surface area (Å²) in [5.41, 5.74) is 14.0. The molecule has 0 spiro atoms. The van der Waals surface area contributed by atoms with Gasteiger partial charge in [0.1, 0.15) is 11.0 Å². The summed E-state index contributed by atoms with van der Waals surface area (Å²) in [6, 6.07) is 62.8. The van der Waals surface area contributed by atoms with Gasteiger partial charge in [-0.2, -0.15) is 0 Å². The Kier molecular flexibility index (Phi) is 7.07. The van der Waals surface area contributed by atoms with Gasteiger partial charge in [-0.3, -0.25) is 0 Å². The number of hydrogen-bond acceptors (Lipinski definition) is 4. The van der Waals surface area contributed by atoms with Crippen LogP contribution in [0, 0.1) is 0 Å². The van der Waals surface area contributed by atoms with E-state index in [0.29, 0.717) is 11.7 Å². The predicted molar refractivity (Wildman–Crippen MR) is 211 cm³/mol. The Morgan fingerprint density at radius 1 is 0.423 bits per heavy atom. The average molecular weight is 667 g/mol. The average Bonchev–Trinajstić information content (AvgIpc) is 3.81. The molecule has 5 nitrogen and oxygen atoms in total. The van der Waals surface area contributed by atoms with E-state index in [0.717, 1.165) is 83.4 Å². The van der Waals surface area contributed by atoms with Gasteiger partial charge in [-0.1, -0.05) is 127 Å². The number of nitrogens with zero attached hydrogens (tertiary/aromatic N) is 4. The number of benzene rings is 7. The summed E-state index contributed by atoms with van der Waals surface area (Å²) in [6.45, 7) is 0. The fourth-order valence-corrected chi connectivity index (χ4v) is 7.16. The van der Waals surface area contributed by atoms with E-state index in [4.69, 9.17) is 19.4 Å². The zero-order valence-corrected chi connectivity index (χ0v) is 28.0. The van der Waals surface area contributed by atoms with Crippen molar-refractivity contribution in [3.05, 3.63) is 182 Å². The van der Waals surface area contributed by atoms with Gasteiger partial charge in [0.2, 0.25) is 5.89 Å². The molecular weight excluding hydrogens is 637 g/mol. The normalized spacial score (nSPS) is 11.5. The monoisotopic (exact) mass is 666 g/mol. The van der Waals surface area contributed by atoms with Crippen molar-refractivity contribution in [1.29, 1.82) is 0 Å². The molecule has 0 amide bonds. The smallest absolute Gasteiger partial charge is 0.227 e. The Labute approximate surface area is 300 Å².